The van der Waals surface area contributed by atoms with Gasteiger partial charge in [0.2, 0.25) is 10.0 Å². The number of hydrogen-bond donors (Lipinski definition) is 1. The third kappa shape index (κ3) is 3.53. The van der Waals surface area contributed by atoms with Crippen molar-refractivity contribution in [3.63, 3.8) is 0 Å². The molecule has 7 heteroatoms. The number of nitrogens with one attached hydrogen (secondary N) is 1. The van der Waals surface area contributed by atoms with Crippen molar-refractivity contribution in [3.8, 4) is 11.3 Å². The number of nitrogens with zero attached hydrogens (tertiary/aromatic N) is 2. The molecule has 124 valence electrons. The molecule has 0 fully saturated rings. The topological polar surface area (TPSA) is 72.0 Å². The van der Waals surface area contributed by atoms with Crippen molar-refractivity contribution in [1.29, 1.82) is 0 Å². The van der Waals surface area contributed by atoms with Crippen molar-refractivity contribution in [2.75, 3.05) is 0 Å². The summed E-state index contributed by atoms with van der Waals surface area (Å²) >= 11 is 1.56. The number of aryl methyl sites for hydroxylation is 2. The van der Waals surface area contributed by atoms with E-state index in [1.54, 1.807) is 35.9 Å². The van der Waals surface area contributed by atoms with Gasteiger partial charge in [0.1, 0.15) is 0 Å². The maximum atomic E-state index is 12.5. The molecule has 5 nitrogen and oxygen atoms in total. The van der Waals surface area contributed by atoms with Gasteiger partial charge in [-0.15, -0.1) is 0 Å². The van der Waals surface area contributed by atoms with Crippen LogP contribution in [0.1, 0.15) is 16.8 Å². The second-order valence-electron chi connectivity index (χ2n) is 5.43. The smallest absolute Gasteiger partial charge is 0.240 e. The third-order valence-corrected chi connectivity index (χ3v) is 5.87. The molecule has 2 heterocycles. The first-order valence-electron chi connectivity index (χ1n) is 7.37. The van der Waals surface area contributed by atoms with Gasteiger partial charge in [0.25, 0.3) is 0 Å². The highest BCUT2D eigenvalue weighted by Gasteiger charge is 2.16. The standard InChI is InChI=1S/C17H17N3O2S2/c1-12-3-4-15(9-13(12)2)24(21,22)20-10-16-17(19-7-6-18-16)14-5-8-23-11-14/h3-9,11,20H,10H2,1-2H3. The molecule has 24 heavy (non-hydrogen) atoms. The molecule has 0 amide bonds. The first-order chi connectivity index (χ1) is 11.5. The van der Waals surface area contributed by atoms with Gasteiger partial charge in [0, 0.05) is 23.3 Å². The maximum Gasteiger partial charge on any atom is 0.240 e. The summed E-state index contributed by atoms with van der Waals surface area (Å²) in [5, 5.41) is 3.92. The fourth-order valence-electron chi connectivity index (χ4n) is 2.26. The summed E-state index contributed by atoms with van der Waals surface area (Å²) in [6.45, 7) is 3.94. The lowest BCUT2D eigenvalue weighted by atomic mass is 10.1. The zero-order valence-electron chi connectivity index (χ0n) is 13.4. The van der Waals surface area contributed by atoms with E-state index in [0.717, 1.165) is 16.7 Å². The normalized spacial score (nSPS) is 11.6. The Morgan fingerprint density at radius 2 is 1.88 bits per heavy atom. The molecule has 3 rings (SSSR count). The number of rotatable bonds is 5. The van der Waals surface area contributed by atoms with Crippen molar-refractivity contribution in [2.24, 2.45) is 0 Å². The first-order valence-corrected chi connectivity index (χ1v) is 9.79. The largest absolute Gasteiger partial charge is 0.256 e. The summed E-state index contributed by atoms with van der Waals surface area (Å²) in [6, 6.07) is 7.04. The Bertz CT molecular complexity index is 952. The van der Waals surface area contributed by atoms with E-state index < -0.39 is 10.0 Å². The van der Waals surface area contributed by atoms with Crippen LogP contribution in [0, 0.1) is 13.8 Å². The van der Waals surface area contributed by atoms with Crippen LogP contribution in [0.15, 0.2) is 52.3 Å². The van der Waals surface area contributed by atoms with Crippen LogP contribution in [0.2, 0.25) is 0 Å². The first kappa shape index (κ1) is 16.8. The lowest BCUT2D eigenvalue weighted by Crippen LogP contribution is -2.24. The predicted octanol–water partition coefficient (Wildman–Crippen LogP) is 3.30. The Labute approximate surface area is 145 Å². The molecule has 0 spiro atoms. The zero-order valence-corrected chi connectivity index (χ0v) is 15.0. The summed E-state index contributed by atoms with van der Waals surface area (Å²) in [5.74, 6) is 0. The lowest BCUT2D eigenvalue weighted by Gasteiger charge is -2.10. The second kappa shape index (κ2) is 6.80. The lowest BCUT2D eigenvalue weighted by molar-refractivity contribution is 0.580. The molecule has 0 unspecified atom stereocenters. The minimum absolute atomic E-state index is 0.0915. The van der Waals surface area contributed by atoms with E-state index in [-0.39, 0.29) is 11.4 Å². The van der Waals surface area contributed by atoms with Crippen LogP contribution >= 0.6 is 11.3 Å². The fraction of sp³-hybridized carbons (Fsp3) is 0.176. The van der Waals surface area contributed by atoms with Gasteiger partial charge in [0.15, 0.2) is 0 Å². The number of sulfonamides is 1. The van der Waals surface area contributed by atoms with Gasteiger partial charge in [-0.25, -0.2) is 13.1 Å². The van der Waals surface area contributed by atoms with Gasteiger partial charge in [0.05, 0.1) is 22.8 Å². The van der Waals surface area contributed by atoms with E-state index in [4.69, 9.17) is 0 Å². The highest BCUT2D eigenvalue weighted by Crippen LogP contribution is 2.22. The van der Waals surface area contributed by atoms with Crippen molar-refractivity contribution < 1.29 is 8.42 Å². The molecule has 2 aromatic heterocycles. The van der Waals surface area contributed by atoms with E-state index in [0.29, 0.717) is 11.4 Å². The second-order valence-corrected chi connectivity index (χ2v) is 7.98. The van der Waals surface area contributed by atoms with Gasteiger partial charge in [-0.2, -0.15) is 11.3 Å². The molecule has 1 N–H and O–H groups in total. The minimum atomic E-state index is -3.60. The Hall–Kier alpha value is -2.09. The Morgan fingerprint density at radius 3 is 2.58 bits per heavy atom. The highest BCUT2D eigenvalue weighted by molar-refractivity contribution is 7.89. The molecule has 0 aliphatic carbocycles. The van der Waals surface area contributed by atoms with Crippen LogP contribution in [-0.4, -0.2) is 18.4 Å². The highest BCUT2D eigenvalue weighted by atomic mass is 32.2. The number of hydrogen-bond acceptors (Lipinski definition) is 5. The van der Waals surface area contributed by atoms with Crippen LogP contribution in [-0.2, 0) is 16.6 Å². The molecule has 0 saturated carbocycles. The van der Waals surface area contributed by atoms with Crippen LogP contribution < -0.4 is 4.72 Å². The van der Waals surface area contributed by atoms with E-state index in [2.05, 4.69) is 14.7 Å². The average molecular weight is 359 g/mol. The van der Waals surface area contributed by atoms with Crippen LogP contribution in [0.5, 0.6) is 0 Å². The van der Waals surface area contributed by atoms with Gasteiger partial charge in [-0.3, -0.25) is 9.97 Å². The molecule has 0 saturated heterocycles. The molecule has 1 aromatic carbocycles. The summed E-state index contributed by atoms with van der Waals surface area (Å²) in [7, 11) is -3.60. The number of thiophene rings is 1. The average Bonchev–Trinajstić information content (AvgIpc) is 3.10. The maximum absolute atomic E-state index is 12.5. The van der Waals surface area contributed by atoms with Crippen molar-refractivity contribution in [2.45, 2.75) is 25.3 Å². The van der Waals surface area contributed by atoms with E-state index in [1.165, 1.54) is 0 Å². The zero-order chi connectivity index (χ0) is 17.2. The van der Waals surface area contributed by atoms with E-state index in [9.17, 15) is 8.42 Å². The molecule has 0 aliphatic heterocycles. The van der Waals surface area contributed by atoms with E-state index in [1.807, 2.05) is 36.7 Å². The van der Waals surface area contributed by atoms with Gasteiger partial charge in [-0.05, 0) is 48.6 Å². The Morgan fingerprint density at radius 1 is 1.08 bits per heavy atom. The van der Waals surface area contributed by atoms with Crippen LogP contribution in [0.25, 0.3) is 11.3 Å². The monoisotopic (exact) mass is 359 g/mol. The molecular weight excluding hydrogens is 342 g/mol. The van der Waals surface area contributed by atoms with Gasteiger partial charge in [-0.1, -0.05) is 6.07 Å². The van der Waals surface area contributed by atoms with E-state index >= 15 is 0 Å². The Balaban J connectivity index is 1.84. The fourth-order valence-corrected chi connectivity index (χ4v) is 3.98. The quantitative estimate of drug-likeness (QED) is 0.759. The van der Waals surface area contributed by atoms with Crippen molar-refractivity contribution in [1.82, 2.24) is 14.7 Å². The summed E-state index contributed by atoms with van der Waals surface area (Å²) in [6.07, 6.45) is 3.17. The van der Waals surface area contributed by atoms with Crippen molar-refractivity contribution >= 4 is 21.4 Å². The van der Waals surface area contributed by atoms with Gasteiger partial charge >= 0.3 is 0 Å². The SMILES string of the molecule is Cc1ccc(S(=O)(=O)NCc2nccnc2-c2ccsc2)cc1C. The van der Waals surface area contributed by atoms with Crippen LogP contribution in [0.4, 0.5) is 0 Å². The molecular formula is C17H17N3O2S2. The molecule has 0 atom stereocenters. The summed E-state index contributed by atoms with van der Waals surface area (Å²) in [5.41, 5.74) is 4.23. The third-order valence-electron chi connectivity index (χ3n) is 3.79. The molecule has 0 radical (unpaired) electrons. The number of benzene rings is 1. The van der Waals surface area contributed by atoms with Gasteiger partial charge < -0.3 is 0 Å². The molecule has 0 aliphatic rings. The predicted molar refractivity (Wildman–Crippen MR) is 95.3 cm³/mol. The Kier molecular flexibility index (Phi) is 4.75. The summed E-state index contributed by atoms with van der Waals surface area (Å²) in [4.78, 5) is 8.86. The van der Waals surface area contributed by atoms with Crippen LogP contribution in [0.3, 0.4) is 0 Å². The molecule has 0 bridgehead atoms. The number of aromatic nitrogens is 2. The summed E-state index contributed by atoms with van der Waals surface area (Å²) < 4.78 is 27.6. The van der Waals surface area contributed by atoms with Crippen molar-refractivity contribution in [3.05, 3.63) is 64.2 Å². The molecule has 3 aromatic rings. The minimum Gasteiger partial charge on any atom is -0.256 e.